The molecule has 5 heteroatoms. The molecule has 2 rings (SSSR count). The SMILES string of the molecule is CCNc1nc(C(OCC)C(C)C)nc2sc(C)cc12. The molecule has 0 aromatic carbocycles. The van der Waals surface area contributed by atoms with Crippen molar-refractivity contribution >= 4 is 27.4 Å². The Balaban J connectivity index is 2.52. The van der Waals surface area contributed by atoms with Crippen LogP contribution in [0.5, 0.6) is 0 Å². The third kappa shape index (κ3) is 3.10. The van der Waals surface area contributed by atoms with Crippen LogP contribution in [0.4, 0.5) is 5.82 Å². The predicted octanol–water partition coefficient (Wildman–Crippen LogP) is 4.17. The lowest BCUT2D eigenvalue weighted by atomic mass is 10.1. The molecular formula is C15H23N3OS. The summed E-state index contributed by atoms with van der Waals surface area (Å²) in [5, 5.41) is 4.45. The Morgan fingerprint density at radius 1 is 1.30 bits per heavy atom. The van der Waals surface area contributed by atoms with E-state index < -0.39 is 0 Å². The Kier molecular flexibility index (Phi) is 4.94. The lowest BCUT2D eigenvalue weighted by Gasteiger charge is -2.20. The summed E-state index contributed by atoms with van der Waals surface area (Å²) in [7, 11) is 0. The van der Waals surface area contributed by atoms with E-state index in [-0.39, 0.29) is 6.10 Å². The second kappa shape index (κ2) is 6.50. The summed E-state index contributed by atoms with van der Waals surface area (Å²) >= 11 is 1.71. The largest absolute Gasteiger partial charge is 0.370 e. The first kappa shape index (κ1) is 15.2. The molecule has 0 radical (unpaired) electrons. The number of hydrogen-bond donors (Lipinski definition) is 1. The van der Waals surface area contributed by atoms with E-state index in [9.17, 15) is 0 Å². The number of aromatic nitrogens is 2. The molecule has 0 spiro atoms. The van der Waals surface area contributed by atoms with E-state index in [0.717, 1.165) is 28.4 Å². The van der Waals surface area contributed by atoms with E-state index in [1.165, 1.54) is 4.88 Å². The zero-order chi connectivity index (χ0) is 14.7. The van der Waals surface area contributed by atoms with Gasteiger partial charge in [0.15, 0.2) is 5.82 Å². The van der Waals surface area contributed by atoms with Crippen LogP contribution < -0.4 is 5.32 Å². The van der Waals surface area contributed by atoms with Gasteiger partial charge in [0.2, 0.25) is 0 Å². The number of nitrogens with one attached hydrogen (secondary N) is 1. The second-order valence-electron chi connectivity index (χ2n) is 5.16. The van der Waals surface area contributed by atoms with Crippen molar-refractivity contribution in [3.8, 4) is 0 Å². The molecule has 0 saturated heterocycles. The molecule has 0 amide bonds. The molecule has 0 fully saturated rings. The van der Waals surface area contributed by atoms with Gasteiger partial charge < -0.3 is 10.1 Å². The van der Waals surface area contributed by atoms with Gasteiger partial charge in [-0.15, -0.1) is 11.3 Å². The average molecular weight is 293 g/mol. The Morgan fingerprint density at radius 3 is 2.65 bits per heavy atom. The summed E-state index contributed by atoms with van der Waals surface area (Å²) in [6, 6.07) is 2.15. The normalized spacial score (nSPS) is 13.1. The van der Waals surface area contributed by atoms with Crippen molar-refractivity contribution in [3.63, 3.8) is 0 Å². The van der Waals surface area contributed by atoms with Gasteiger partial charge in [-0.2, -0.15) is 0 Å². The molecule has 0 bridgehead atoms. The highest BCUT2D eigenvalue weighted by molar-refractivity contribution is 7.18. The molecule has 2 heterocycles. The minimum atomic E-state index is -0.0517. The Bertz CT molecular complexity index is 580. The maximum Gasteiger partial charge on any atom is 0.161 e. The van der Waals surface area contributed by atoms with Crippen LogP contribution in [0.25, 0.3) is 10.2 Å². The molecule has 1 atom stereocenters. The van der Waals surface area contributed by atoms with Gasteiger partial charge in [0, 0.05) is 18.0 Å². The summed E-state index contributed by atoms with van der Waals surface area (Å²) in [6.07, 6.45) is -0.0517. The first-order valence-corrected chi connectivity index (χ1v) is 8.02. The summed E-state index contributed by atoms with van der Waals surface area (Å²) in [5.74, 6) is 2.05. The van der Waals surface area contributed by atoms with E-state index in [2.05, 4.69) is 39.1 Å². The fraction of sp³-hybridized carbons (Fsp3) is 0.600. The molecule has 2 aromatic heterocycles. The molecule has 0 saturated carbocycles. The van der Waals surface area contributed by atoms with Crippen molar-refractivity contribution in [2.24, 2.45) is 5.92 Å². The monoisotopic (exact) mass is 293 g/mol. The van der Waals surface area contributed by atoms with Crippen molar-refractivity contribution in [1.29, 1.82) is 0 Å². The highest BCUT2D eigenvalue weighted by Gasteiger charge is 2.21. The number of rotatable bonds is 6. The van der Waals surface area contributed by atoms with E-state index in [0.29, 0.717) is 12.5 Å². The van der Waals surface area contributed by atoms with Crippen LogP contribution in [0.2, 0.25) is 0 Å². The summed E-state index contributed by atoms with van der Waals surface area (Å²) in [5.41, 5.74) is 0. The minimum Gasteiger partial charge on any atom is -0.370 e. The molecule has 20 heavy (non-hydrogen) atoms. The van der Waals surface area contributed by atoms with E-state index >= 15 is 0 Å². The van der Waals surface area contributed by atoms with Gasteiger partial charge in [0.25, 0.3) is 0 Å². The third-order valence-corrected chi connectivity index (χ3v) is 4.03. The average Bonchev–Trinajstić information content (AvgIpc) is 2.76. The van der Waals surface area contributed by atoms with Crippen molar-refractivity contribution in [2.45, 2.75) is 40.7 Å². The molecule has 1 N–H and O–H groups in total. The Morgan fingerprint density at radius 2 is 2.05 bits per heavy atom. The highest BCUT2D eigenvalue weighted by atomic mass is 32.1. The van der Waals surface area contributed by atoms with E-state index in [4.69, 9.17) is 14.7 Å². The first-order valence-electron chi connectivity index (χ1n) is 7.20. The van der Waals surface area contributed by atoms with Crippen LogP contribution in [0.1, 0.15) is 44.5 Å². The number of ether oxygens (including phenoxy) is 1. The van der Waals surface area contributed by atoms with Gasteiger partial charge >= 0.3 is 0 Å². The predicted molar refractivity (Wildman–Crippen MR) is 85.5 cm³/mol. The van der Waals surface area contributed by atoms with Gasteiger partial charge in [-0.05, 0) is 32.8 Å². The zero-order valence-corrected chi connectivity index (χ0v) is 13.7. The number of fused-ring (bicyclic) bond motifs is 1. The van der Waals surface area contributed by atoms with E-state index in [1.54, 1.807) is 11.3 Å². The van der Waals surface area contributed by atoms with Crippen molar-refractivity contribution in [1.82, 2.24) is 9.97 Å². The number of thiophene rings is 1. The third-order valence-electron chi connectivity index (χ3n) is 3.08. The van der Waals surface area contributed by atoms with Crippen molar-refractivity contribution in [3.05, 3.63) is 16.8 Å². The zero-order valence-electron chi connectivity index (χ0n) is 12.9. The van der Waals surface area contributed by atoms with Gasteiger partial charge in [0.1, 0.15) is 16.8 Å². The molecule has 4 nitrogen and oxygen atoms in total. The molecule has 2 aromatic rings. The summed E-state index contributed by atoms with van der Waals surface area (Å²) in [4.78, 5) is 11.7. The first-order chi connectivity index (χ1) is 9.56. The van der Waals surface area contributed by atoms with Gasteiger partial charge in [-0.25, -0.2) is 9.97 Å². The van der Waals surface area contributed by atoms with Crippen molar-refractivity contribution < 1.29 is 4.74 Å². The molecule has 1 unspecified atom stereocenters. The fourth-order valence-electron chi connectivity index (χ4n) is 2.23. The molecular weight excluding hydrogens is 270 g/mol. The van der Waals surface area contributed by atoms with Crippen LogP contribution >= 0.6 is 11.3 Å². The fourth-order valence-corrected chi connectivity index (χ4v) is 3.12. The quantitative estimate of drug-likeness (QED) is 0.868. The van der Waals surface area contributed by atoms with Crippen LogP contribution in [-0.2, 0) is 4.74 Å². The number of hydrogen-bond acceptors (Lipinski definition) is 5. The van der Waals surface area contributed by atoms with Crippen LogP contribution in [-0.4, -0.2) is 23.1 Å². The molecule has 110 valence electrons. The van der Waals surface area contributed by atoms with Gasteiger partial charge in [0.05, 0.1) is 5.39 Å². The van der Waals surface area contributed by atoms with E-state index in [1.807, 2.05) is 6.92 Å². The summed E-state index contributed by atoms with van der Waals surface area (Å²) < 4.78 is 5.83. The topological polar surface area (TPSA) is 47.0 Å². The lowest BCUT2D eigenvalue weighted by molar-refractivity contribution is 0.0236. The maximum absolute atomic E-state index is 5.83. The number of anilines is 1. The number of aryl methyl sites for hydroxylation is 1. The minimum absolute atomic E-state index is 0.0517. The Hall–Kier alpha value is -1.20. The molecule has 0 aliphatic heterocycles. The molecule has 0 aliphatic carbocycles. The Labute approximate surface area is 124 Å². The second-order valence-corrected chi connectivity index (χ2v) is 6.39. The maximum atomic E-state index is 5.83. The standard InChI is InChI=1S/C15H23N3OS/c1-6-16-13-11-8-10(5)20-15(11)18-14(17-13)12(9(3)4)19-7-2/h8-9,12H,6-7H2,1-5H3,(H,16,17,18). The van der Waals surface area contributed by atoms with Crippen LogP contribution in [0.3, 0.4) is 0 Å². The molecule has 0 aliphatic rings. The summed E-state index contributed by atoms with van der Waals surface area (Å²) in [6.45, 7) is 12.0. The smallest absolute Gasteiger partial charge is 0.161 e. The van der Waals surface area contributed by atoms with Gasteiger partial charge in [-0.3, -0.25) is 0 Å². The highest BCUT2D eigenvalue weighted by Crippen LogP contribution is 2.32. The van der Waals surface area contributed by atoms with Crippen molar-refractivity contribution in [2.75, 3.05) is 18.5 Å². The van der Waals surface area contributed by atoms with Gasteiger partial charge in [-0.1, -0.05) is 13.8 Å². The number of nitrogens with zero attached hydrogens (tertiary/aromatic N) is 2. The van der Waals surface area contributed by atoms with Crippen LogP contribution in [0.15, 0.2) is 6.07 Å². The van der Waals surface area contributed by atoms with Crippen LogP contribution in [0, 0.1) is 12.8 Å². The lowest BCUT2D eigenvalue weighted by Crippen LogP contribution is -2.15.